The van der Waals surface area contributed by atoms with Gasteiger partial charge in [-0.2, -0.15) is 5.26 Å². The van der Waals surface area contributed by atoms with Crippen LogP contribution < -0.4 is 0 Å². The fourth-order valence-electron chi connectivity index (χ4n) is 4.48. The lowest BCUT2D eigenvalue weighted by molar-refractivity contribution is -0.00588. The van der Waals surface area contributed by atoms with Crippen LogP contribution in [0.25, 0.3) is 5.57 Å². The number of nitrogens with zero attached hydrogens (tertiary/aromatic N) is 2. The van der Waals surface area contributed by atoms with Gasteiger partial charge in [-0.05, 0) is 60.6 Å². The van der Waals surface area contributed by atoms with Crippen molar-refractivity contribution in [2.45, 2.75) is 43.7 Å². The number of aliphatic hydroxyl groups is 1. The molecule has 29 heavy (non-hydrogen) atoms. The SMILES string of the molecule is N#C[C@@H]1[C@H](c2ccc(C3=CCCCC3)cc2)[C@H](CO)N1C(=O)c1cccc(F)c1. The van der Waals surface area contributed by atoms with Crippen LogP contribution in [0.4, 0.5) is 4.39 Å². The van der Waals surface area contributed by atoms with Gasteiger partial charge in [0, 0.05) is 11.5 Å². The Morgan fingerprint density at radius 3 is 2.62 bits per heavy atom. The predicted molar refractivity (Wildman–Crippen MR) is 108 cm³/mol. The maximum Gasteiger partial charge on any atom is 0.255 e. The minimum atomic E-state index is -0.692. The average Bonchev–Trinajstić information content (AvgIpc) is 2.74. The molecular formula is C24H23FN2O2. The molecule has 0 radical (unpaired) electrons. The van der Waals surface area contributed by atoms with Crippen LogP contribution >= 0.6 is 0 Å². The molecule has 1 heterocycles. The number of nitriles is 1. The fraction of sp³-hybridized carbons (Fsp3) is 0.333. The zero-order valence-corrected chi connectivity index (χ0v) is 16.1. The summed E-state index contributed by atoms with van der Waals surface area (Å²) in [6.45, 7) is -0.253. The maximum absolute atomic E-state index is 13.5. The van der Waals surface area contributed by atoms with Gasteiger partial charge in [-0.3, -0.25) is 4.79 Å². The van der Waals surface area contributed by atoms with E-state index in [0.717, 1.165) is 24.5 Å². The van der Waals surface area contributed by atoms with Crippen molar-refractivity contribution in [2.75, 3.05) is 6.61 Å². The molecule has 0 spiro atoms. The second-order valence-corrected chi connectivity index (χ2v) is 7.67. The van der Waals surface area contributed by atoms with Gasteiger partial charge in [0.2, 0.25) is 0 Å². The largest absolute Gasteiger partial charge is 0.394 e. The van der Waals surface area contributed by atoms with E-state index in [4.69, 9.17) is 0 Å². The lowest BCUT2D eigenvalue weighted by Crippen LogP contribution is -2.65. The Morgan fingerprint density at radius 2 is 2.00 bits per heavy atom. The Balaban J connectivity index is 1.57. The first-order valence-corrected chi connectivity index (χ1v) is 10.0. The number of allylic oxidation sites excluding steroid dienone is 2. The molecule has 2 aromatic carbocycles. The number of carbonyl (C=O) groups is 1. The van der Waals surface area contributed by atoms with Crippen LogP contribution in [-0.2, 0) is 0 Å². The Labute approximate surface area is 169 Å². The first-order chi connectivity index (χ1) is 14.1. The topological polar surface area (TPSA) is 64.3 Å². The van der Waals surface area contributed by atoms with Crippen LogP contribution in [0.15, 0.2) is 54.6 Å². The fourth-order valence-corrected chi connectivity index (χ4v) is 4.48. The lowest BCUT2D eigenvalue weighted by Gasteiger charge is -2.51. The first-order valence-electron chi connectivity index (χ1n) is 10.0. The summed E-state index contributed by atoms with van der Waals surface area (Å²) in [5.74, 6) is -1.21. The van der Waals surface area contributed by atoms with Gasteiger partial charge in [0.25, 0.3) is 5.91 Å². The predicted octanol–water partition coefficient (Wildman–Crippen LogP) is 4.28. The summed E-state index contributed by atoms with van der Waals surface area (Å²) in [6, 6.07) is 14.5. The van der Waals surface area contributed by atoms with Crippen LogP contribution in [0.2, 0.25) is 0 Å². The molecule has 1 aliphatic heterocycles. The minimum absolute atomic E-state index is 0.182. The van der Waals surface area contributed by atoms with Crippen LogP contribution in [0, 0.1) is 17.1 Å². The van der Waals surface area contributed by atoms with Crippen molar-refractivity contribution < 1.29 is 14.3 Å². The number of likely N-dealkylation sites (tertiary alicyclic amines) is 1. The standard InChI is InChI=1S/C24H23FN2O2/c25-20-8-4-7-19(13-20)24(29)27-21(14-26)23(22(27)15-28)18-11-9-17(10-12-18)16-5-2-1-3-6-16/h4-5,7-13,21-23,28H,1-3,6,15H2/t21-,22+,23+/m1/s1. The van der Waals surface area contributed by atoms with Crippen molar-refractivity contribution in [2.24, 2.45) is 0 Å². The van der Waals surface area contributed by atoms with E-state index < -0.39 is 23.8 Å². The molecule has 4 nitrogen and oxygen atoms in total. The van der Waals surface area contributed by atoms with Gasteiger partial charge in [0.15, 0.2) is 0 Å². The molecule has 3 atom stereocenters. The molecule has 1 aliphatic carbocycles. The van der Waals surface area contributed by atoms with Crippen molar-refractivity contribution in [3.05, 3.63) is 77.1 Å². The van der Waals surface area contributed by atoms with Gasteiger partial charge in [-0.15, -0.1) is 0 Å². The molecule has 2 aromatic rings. The number of amides is 1. The molecule has 0 saturated carbocycles. The second kappa shape index (κ2) is 8.18. The minimum Gasteiger partial charge on any atom is -0.394 e. The molecule has 1 N–H and O–H groups in total. The van der Waals surface area contributed by atoms with E-state index in [1.807, 2.05) is 12.1 Å². The number of aliphatic hydroxyl groups excluding tert-OH is 1. The van der Waals surface area contributed by atoms with Crippen molar-refractivity contribution in [3.8, 4) is 6.07 Å². The number of rotatable bonds is 4. The average molecular weight is 390 g/mol. The third-order valence-electron chi connectivity index (χ3n) is 5.99. The molecule has 4 rings (SSSR count). The highest BCUT2D eigenvalue weighted by Gasteiger charge is 2.51. The van der Waals surface area contributed by atoms with Gasteiger partial charge >= 0.3 is 0 Å². The monoisotopic (exact) mass is 390 g/mol. The van der Waals surface area contributed by atoms with E-state index in [2.05, 4.69) is 24.3 Å². The quantitative estimate of drug-likeness (QED) is 0.848. The molecule has 1 fully saturated rings. The molecule has 148 valence electrons. The summed E-state index contributed by atoms with van der Waals surface area (Å²) in [6.07, 6.45) is 6.92. The zero-order chi connectivity index (χ0) is 20.4. The van der Waals surface area contributed by atoms with E-state index in [1.54, 1.807) is 0 Å². The van der Waals surface area contributed by atoms with Crippen molar-refractivity contribution in [1.82, 2.24) is 4.90 Å². The molecule has 1 saturated heterocycles. The van der Waals surface area contributed by atoms with Crippen LogP contribution in [-0.4, -0.2) is 34.6 Å². The Kier molecular flexibility index (Phi) is 5.46. The maximum atomic E-state index is 13.5. The Hall–Kier alpha value is -2.97. The van der Waals surface area contributed by atoms with Gasteiger partial charge in [0.1, 0.15) is 11.9 Å². The molecule has 0 aromatic heterocycles. The summed E-state index contributed by atoms with van der Waals surface area (Å²) in [7, 11) is 0. The number of benzene rings is 2. The normalized spacial score (nSPS) is 23.7. The van der Waals surface area contributed by atoms with E-state index in [9.17, 15) is 19.6 Å². The Bertz CT molecular complexity index is 977. The summed E-state index contributed by atoms with van der Waals surface area (Å²) in [5.41, 5.74) is 3.66. The number of halogens is 1. The van der Waals surface area contributed by atoms with E-state index in [0.29, 0.717) is 0 Å². The molecule has 1 amide bonds. The van der Waals surface area contributed by atoms with Crippen LogP contribution in [0.1, 0.15) is 53.1 Å². The summed E-state index contributed by atoms with van der Waals surface area (Å²) < 4.78 is 13.5. The van der Waals surface area contributed by atoms with E-state index in [-0.39, 0.29) is 18.1 Å². The van der Waals surface area contributed by atoms with E-state index >= 15 is 0 Å². The molecular weight excluding hydrogens is 367 g/mol. The summed E-state index contributed by atoms with van der Waals surface area (Å²) in [5, 5.41) is 19.6. The molecule has 0 bridgehead atoms. The Morgan fingerprint density at radius 1 is 1.21 bits per heavy atom. The van der Waals surface area contributed by atoms with Crippen molar-refractivity contribution >= 4 is 11.5 Å². The summed E-state index contributed by atoms with van der Waals surface area (Å²) >= 11 is 0. The highest BCUT2D eigenvalue weighted by molar-refractivity contribution is 5.95. The summed E-state index contributed by atoms with van der Waals surface area (Å²) in [4.78, 5) is 14.2. The second-order valence-electron chi connectivity index (χ2n) is 7.67. The molecule has 5 heteroatoms. The lowest BCUT2D eigenvalue weighted by atomic mass is 9.75. The highest BCUT2D eigenvalue weighted by Crippen LogP contribution is 2.41. The van der Waals surface area contributed by atoms with E-state index in [1.165, 1.54) is 47.1 Å². The van der Waals surface area contributed by atoms with Gasteiger partial charge in [0.05, 0.1) is 18.7 Å². The van der Waals surface area contributed by atoms with Crippen LogP contribution in [0.3, 0.4) is 0 Å². The smallest absolute Gasteiger partial charge is 0.255 e. The third kappa shape index (κ3) is 3.56. The number of carbonyl (C=O) groups excluding carboxylic acids is 1. The molecule has 0 unspecified atom stereocenters. The van der Waals surface area contributed by atoms with Crippen LogP contribution in [0.5, 0.6) is 0 Å². The zero-order valence-electron chi connectivity index (χ0n) is 16.1. The molecule has 2 aliphatic rings. The van der Waals surface area contributed by atoms with Gasteiger partial charge in [-0.1, -0.05) is 36.4 Å². The van der Waals surface area contributed by atoms with Crippen molar-refractivity contribution in [3.63, 3.8) is 0 Å². The number of hydrogen-bond donors (Lipinski definition) is 1. The number of hydrogen-bond acceptors (Lipinski definition) is 3. The van der Waals surface area contributed by atoms with Gasteiger partial charge < -0.3 is 10.0 Å². The highest BCUT2D eigenvalue weighted by atomic mass is 19.1. The first kappa shape index (κ1) is 19.4. The van der Waals surface area contributed by atoms with Crippen molar-refractivity contribution in [1.29, 1.82) is 5.26 Å². The third-order valence-corrected chi connectivity index (χ3v) is 5.99. The van der Waals surface area contributed by atoms with Gasteiger partial charge in [-0.25, -0.2) is 4.39 Å².